The second-order valence-corrected chi connectivity index (χ2v) is 8.57. The molecule has 0 bridgehead atoms. The number of piperidine rings is 1. The number of rotatable bonds is 9. The summed E-state index contributed by atoms with van der Waals surface area (Å²) in [6, 6.07) is 0.473. The van der Waals surface area contributed by atoms with E-state index >= 15 is 0 Å². The molecule has 0 spiro atoms. The lowest BCUT2D eigenvalue weighted by atomic mass is 10.0. The van der Waals surface area contributed by atoms with Crippen LogP contribution in [-0.4, -0.2) is 55.9 Å². The largest absolute Gasteiger partial charge is 0.313 e. The lowest BCUT2D eigenvalue weighted by Gasteiger charge is -2.36. The molecule has 2 atom stereocenters. The van der Waals surface area contributed by atoms with Crippen LogP contribution in [0.4, 0.5) is 0 Å². The van der Waals surface area contributed by atoms with Crippen molar-refractivity contribution in [3.63, 3.8) is 0 Å². The molecule has 0 aromatic rings. The first-order valence-electron chi connectivity index (χ1n) is 7.92. The third-order valence-corrected chi connectivity index (χ3v) is 6.28. The molecule has 0 aromatic carbocycles. The minimum absolute atomic E-state index is 0.0191. The van der Waals surface area contributed by atoms with Crippen molar-refractivity contribution < 1.29 is 8.42 Å². The van der Waals surface area contributed by atoms with Crippen LogP contribution in [0.2, 0.25) is 0 Å². The van der Waals surface area contributed by atoms with Crippen LogP contribution in [0.3, 0.4) is 0 Å². The Kier molecular flexibility index (Phi) is 8.56. The molecular weight excluding hydrogens is 306 g/mol. The Hall–Kier alpha value is 0.180. The Morgan fingerprint density at radius 1 is 1.33 bits per heavy atom. The van der Waals surface area contributed by atoms with E-state index in [4.69, 9.17) is 0 Å². The third kappa shape index (κ3) is 6.44. The number of nitrogens with zero attached hydrogens (tertiary/aromatic N) is 1. The van der Waals surface area contributed by atoms with Crippen LogP contribution in [0.1, 0.15) is 46.5 Å². The van der Waals surface area contributed by atoms with Gasteiger partial charge in [0, 0.05) is 37.0 Å². The predicted octanol–water partition coefficient (Wildman–Crippen LogP) is 1.81. The molecule has 1 rings (SSSR count). The van der Waals surface area contributed by atoms with Gasteiger partial charge in [-0.2, -0.15) is 29.2 Å². The molecule has 2 unspecified atom stereocenters. The quantitative estimate of drug-likeness (QED) is 0.674. The summed E-state index contributed by atoms with van der Waals surface area (Å²) >= 11 is 1.68. The summed E-state index contributed by atoms with van der Waals surface area (Å²) < 4.78 is 29.9. The molecule has 2 N–H and O–H groups in total. The molecule has 1 aliphatic rings. The van der Waals surface area contributed by atoms with Gasteiger partial charge in [0.15, 0.2) is 0 Å². The molecule has 126 valence electrons. The Labute approximate surface area is 134 Å². The lowest BCUT2D eigenvalue weighted by Crippen LogP contribution is -2.54. The van der Waals surface area contributed by atoms with E-state index in [9.17, 15) is 8.42 Å². The van der Waals surface area contributed by atoms with Crippen LogP contribution in [0.25, 0.3) is 0 Å². The van der Waals surface area contributed by atoms with Crippen molar-refractivity contribution in [2.75, 3.05) is 25.1 Å². The average Bonchev–Trinajstić information content (AvgIpc) is 2.44. The molecule has 7 heteroatoms. The van der Waals surface area contributed by atoms with Gasteiger partial charge in [-0.3, -0.25) is 0 Å². The molecule has 21 heavy (non-hydrogen) atoms. The average molecular weight is 338 g/mol. The fraction of sp³-hybridized carbons (Fsp3) is 1.00. The summed E-state index contributed by atoms with van der Waals surface area (Å²) in [6.45, 7) is 7.57. The zero-order valence-corrected chi connectivity index (χ0v) is 15.4. The van der Waals surface area contributed by atoms with Crippen molar-refractivity contribution in [1.82, 2.24) is 14.3 Å². The summed E-state index contributed by atoms with van der Waals surface area (Å²) in [5.41, 5.74) is 0. The molecule has 0 radical (unpaired) electrons. The molecule has 0 aliphatic carbocycles. The van der Waals surface area contributed by atoms with Crippen LogP contribution in [-0.2, 0) is 10.2 Å². The highest BCUT2D eigenvalue weighted by molar-refractivity contribution is 7.98. The summed E-state index contributed by atoms with van der Waals surface area (Å²) in [5.74, 6) is 0.818. The molecular formula is C14H31N3O2S2. The molecule has 5 nitrogen and oxygen atoms in total. The van der Waals surface area contributed by atoms with E-state index in [2.05, 4.69) is 23.9 Å². The Morgan fingerprint density at radius 2 is 2.05 bits per heavy atom. The minimum atomic E-state index is -3.38. The van der Waals surface area contributed by atoms with Crippen molar-refractivity contribution in [1.29, 1.82) is 0 Å². The summed E-state index contributed by atoms with van der Waals surface area (Å²) in [7, 11) is -3.38. The van der Waals surface area contributed by atoms with Crippen molar-refractivity contribution in [2.24, 2.45) is 0 Å². The number of hydrogen-bond acceptors (Lipinski definition) is 4. The van der Waals surface area contributed by atoms with E-state index in [0.717, 1.165) is 38.0 Å². The van der Waals surface area contributed by atoms with Gasteiger partial charge >= 0.3 is 0 Å². The third-order valence-electron chi connectivity index (χ3n) is 3.82. The predicted molar refractivity (Wildman–Crippen MR) is 92.0 cm³/mol. The van der Waals surface area contributed by atoms with E-state index in [-0.39, 0.29) is 12.1 Å². The first-order chi connectivity index (χ1) is 9.90. The molecule has 0 saturated carbocycles. The maximum absolute atomic E-state index is 12.7. The minimum Gasteiger partial charge on any atom is -0.313 e. The van der Waals surface area contributed by atoms with Gasteiger partial charge in [0.2, 0.25) is 0 Å². The van der Waals surface area contributed by atoms with Crippen LogP contribution < -0.4 is 10.0 Å². The lowest BCUT2D eigenvalue weighted by molar-refractivity contribution is 0.238. The maximum atomic E-state index is 12.7. The first-order valence-corrected chi connectivity index (χ1v) is 10.8. The highest BCUT2D eigenvalue weighted by Crippen LogP contribution is 2.20. The zero-order valence-electron chi connectivity index (χ0n) is 13.8. The van der Waals surface area contributed by atoms with Gasteiger partial charge in [-0.15, -0.1) is 0 Å². The van der Waals surface area contributed by atoms with Gasteiger partial charge in [-0.05, 0) is 25.5 Å². The van der Waals surface area contributed by atoms with Gasteiger partial charge in [0.1, 0.15) is 0 Å². The van der Waals surface area contributed by atoms with Crippen LogP contribution >= 0.6 is 11.8 Å². The highest BCUT2D eigenvalue weighted by atomic mass is 32.2. The van der Waals surface area contributed by atoms with Gasteiger partial charge in [-0.25, -0.2) is 0 Å². The topological polar surface area (TPSA) is 61.4 Å². The van der Waals surface area contributed by atoms with Crippen LogP contribution in [0.5, 0.6) is 0 Å². The van der Waals surface area contributed by atoms with Gasteiger partial charge in [0.25, 0.3) is 10.2 Å². The highest BCUT2D eigenvalue weighted by Gasteiger charge is 2.33. The standard InChI is InChI=1S/C14H31N3O2S2/c1-5-13(11-20-4)16-21(18,19)17-9-7-6-8-14(17)10-15-12(2)3/h12-16H,5-11H2,1-4H3. The van der Waals surface area contributed by atoms with Crippen molar-refractivity contribution in [3.8, 4) is 0 Å². The van der Waals surface area contributed by atoms with E-state index in [0.29, 0.717) is 12.6 Å². The number of nitrogens with one attached hydrogen (secondary N) is 2. The molecule has 1 saturated heterocycles. The molecule has 1 aliphatic heterocycles. The molecule has 1 heterocycles. The Morgan fingerprint density at radius 3 is 2.62 bits per heavy atom. The zero-order chi connectivity index (χ0) is 15.9. The normalized spacial score (nSPS) is 22.6. The van der Waals surface area contributed by atoms with Gasteiger partial charge in [-0.1, -0.05) is 27.2 Å². The van der Waals surface area contributed by atoms with E-state index < -0.39 is 10.2 Å². The molecule has 0 aromatic heterocycles. The molecule has 1 fully saturated rings. The van der Waals surface area contributed by atoms with E-state index in [1.165, 1.54) is 0 Å². The second-order valence-electron chi connectivity index (χ2n) is 6.01. The maximum Gasteiger partial charge on any atom is 0.280 e. The van der Waals surface area contributed by atoms with Gasteiger partial charge in [0.05, 0.1) is 0 Å². The fourth-order valence-corrected chi connectivity index (χ4v) is 5.16. The molecule has 0 amide bonds. The van der Waals surface area contributed by atoms with Crippen molar-refractivity contribution in [2.45, 2.75) is 64.6 Å². The first kappa shape index (κ1) is 19.2. The summed E-state index contributed by atoms with van der Waals surface area (Å²) in [4.78, 5) is 0. The van der Waals surface area contributed by atoms with Crippen molar-refractivity contribution >= 4 is 22.0 Å². The van der Waals surface area contributed by atoms with Gasteiger partial charge < -0.3 is 5.32 Å². The number of thioether (sulfide) groups is 1. The van der Waals surface area contributed by atoms with Crippen LogP contribution in [0.15, 0.2) is 0 Å². The summed E-state index contributed by atoms with van der Waals surface area (Å²) in [6.07, 6.45) is 5.84. The number of hydrogen-bond donors (Lipinski definition) is 2. The SMILES string of the molecule is CCC(CSC)NS(=O)(=O)N1CCCCC1CNC(C)C. The summed E-state index contributed by atoms with van der Waals surface area (Å²) in [5, 5.41) is 3.37. The monoisotopic (exact) mass is 337 g/mol. The van der Waals surface area contributed by atoms with Crippen molar-refractivity contribution in [3.05, 3.63) is 0 Å². The second kappa shape index (κ2) is 9.35. The van der Waals surface area contributed by atoms with E-state index in [1.54, 1.807) is 16.1 Å². The fourth-order valence-electron chi connectivity index (χ4n) is 2.58. The Balaban J connectivity index is 2.71. The Bertz CT molecular complexity index is 388. The van der Waals surface area contributed by atoms with Crippen LogP contribution in [0, 0.1) is 0 Å². The smallest absolute Gasteiger partial charge is 0.280 e. The van der Waals surface area contributed by atoms with E-state index in [1.807, 2.05) is 13.2 Å².